The van der Waals surface area contributed by atoms with Crippen LogP contribution < -0.4 is 5.73 Å². The molecule has 0 aromatic carbocycles. The Kier molecular flexibility index (Phi) is 6.06. The molecule has 8 nitrogen and oxygen atoms in total. The Hall–Kier alpha value is -2.08. The minimum absolute atomic E-state index is 0.0636. The fourth-order valence-electron chi connectivity index (χ4n) is 2.05. The molecule has 2 N–H and O–H groups in total. The van der Waals surface area contributed by atoms with Crippen LogP contribution in [-0.4, -0.2) is 44.1 Å². The van der Waals surface area contributed by atoms with Crippen LogP contribution in [0.5, 0.6) is 0 Å². The van der Waals surface area contributed by atoms with Crippen LogP contribution in [0, 0.1) is 0 Å². The van der Waals surface area contributed by atoms with Gasteiger partial charge in [-0.15, -0.1) is 0 Å². The third-order valence-corrected chi connectivity index (χ3v) is 4.70. The van der Waals surface area contributed by atoms with Crippen molar-refractivity contribution >= 4 is 22.0 Å². The van der Waals surface area contributed by atoms with Gasteiger partial charge in [0, 0.05) is 20.5 Å². The summed E-state index contributed by atoms with van der Waals surface area (Å²) in [5, 5.41) is 0. The molecule has 0 amide bonds. The molecule has 1 atom stereocenters. The van der Waals surface area contributed by atoms with Crippen LogP contribution in [0.4, 0.5) is 13.2 Å². The number of alkyl halides is 3. The number of rotatable bonds is 7. The largest absolute Gasteiger partial charge is 0.517 e. The predicted molar refractivity (Wildman–Crippen MR) is 78.8 cm³/mol. The van der Waals surface area contributed by atoms with Crippen molar-refractivity contribution in [2.45, 2.75) is 31.3 Å². The van der Waals surface area contributed by atoms with Gasteiger partial charge in [0.2, 0.25) is 0 Å². The number of nitrogens with zero attached hydrogens (tertiary/aromatic N) is 1. The lowest BCUT2D eigenvalue weighted by Crippen LogP contribution is -2.31. The van der Waals surface area contributed by atoms with Crippen LogP contribution in [0.25, 0.3) is 0 Å². The van der Waals surface area contributed by atoms with Gasteiger partial charge >= 0.3 is 27.5 Å². The monoisotopic (exact) mass is 388 g/mol. The average molecular weight is 388 g/mol. The Morgan fingerprint density at radius 2 is 1.84 bits per heavy atom. The maximum atomic E-state index is 12.9. The second-order valence-electron chi connectivity index (χ2n) is 4.76. The van der Waals surface area contributed by atoms with Crippen LogP contribution in [0.15, 0.2) is 6.20 Å². The third kappa shape index (κ3) is 4.51. The Bertz CT molecular complexity index is 789. The van der Waals surface area contributed by atoms with Gasteiger partial charge in [0.1, 0.15) is 0 Å². The molecule has 0 aliphatic carbocycles. The number of hydrogen-bond donors (Lipinski definition) is 1. The number of hydrogen-bond acceptors (Lipinski definition) is 7. The normalized spacial score (nSPS) is 13.9. The molecule has 25 heavy (non-hydrogen) atoms. The van der Waals surface area contributed by atoms with Crippen molar-refractivity contribution in [3.63, 3.8) is 0 Å². The van der Waals surface area contributed by atoms with Crippen molar-refractivity contribution in [1.82, 2.24) is 3.97 Å². The summed E-state index contributed by atoms with van der Waals surface area (Å²) in [5.41, 5.74) is -1.32. The van der Waals surface area contributed by atoms with Crippen LogP contribution in [-0.2, 0) is 48.4 Å². The van der Waals surface area contributed by atoms with Gasteiger partial charge in [-0.05, 0) is 17.5 Å². The van der Waals surface area contributed by atoms with Gasteiger partial charge in [-0.3, -0.25) is 9.59 Å². The van der Waals surface area contributed by atoms with Crippen LogP contribution in [0.1, 0.15) is 24.6 Å². The number of ether oxygens (including phenoxy) is 2. The van der Waals surface area contributed by atoms with E-state index >= 15 is 0 Å². The summed E-state index contributed by atoms with van der Waals surface area (Å²) in [5.74, 6) is -1.58. The predicted octanol–water partition coefficient (Wildman–Crippen LogP) is 0.466. The minimum atomic E-state index is -5.89. The second kappa shape index (κ2) is 7.87. The molecule has 0 saturated heterocycles. The van der Waals surface area contributed by atoms with E-state index in [-0.39, 0.29) is 27.9 Å². The first kappa shape index (κ1) is 19.2. The zero-order valence-corrected chi connectivity index (χ0v) is 14.1. The minimum Gasteiger partial charge on any atom is -0.469 e. The quantitative estimate of drug-likeness (QED) is 0.675. The molecule has 1 unspecified atom stereocenters. The summed E-state index contributed by atoms with van der Waals surface area (Å²) in [6.07, 6.45) is -0.518. The molecule has 0 bridgehead atoms. The van der Waals surface area contributed by atoms with E-state index in [1.165, 1.54) is 0 Å². The van der Waals surface area contributed by atoms with Crippen molar-refractivity contribution in [3.05, 3.63) is 23.0 Å². The van der Waals surface area contributed by atoms with E-state index in [1.807, 2.05) is 0 Å². The summed E-state index contributed by atoms with van der Waals surface area (Å²) < 4.78 is 78.6. The Labute approximate surface area is 143 Å². The topological polar surface area (TPSA) is 118 Å². The molecule has 1 aromatic heterocycles. The summed E-state index contributed by atoms with van der Waals surface area (Å²) in [6, 6.07) is 0. The van der Waals surface area contributed by atoms with Crippen LogP contribution in [0.2, 0.25) is 0 Å². The number of carbonyl (C=O) groups excluding carboxylic acids is 2. The highest BCUT2D eigenvalue weighted by Gasteiger charge is 2.48. The second-order valence-corrected chi connectivity index (χ2v) is 6.57. The van der Waals surface area contributed by atoms with Gasteiger partial charge in [-0.2, -0.15) is 21.6 Å². The number of methoxy groups -OCH3 is 2. The number of carbonyl (C=O) groups is 2. The highest BCUT2D eigenvalue weighted by molar-refractivity contribution is 7.90. The highest BCUT2D eigenvalue weighted by Crippen LogP contribution is 2.30. The fourth-order valence-corrected chi connectivity index (χ4v) is 2.96. The van der Waals surface area contributed by atoms with Crippen molar-refractivity contribution in [2.24, 2.45) is 5.73 Å². The first-order valence-corrected chi connectivity index (χ1v) is 8.17. The zero-order valence-electron chi connectivity index (χ0n) is 14.3. The molecule has 1 rings (SSSR count). The summed E-state index contributed by atoms with van der Waals surface area (Å²) in [4.78, 5) is 22.8. The van der Waals surface area contributed by atoms with Crippen molar-refractivity contribution in [1.29, 1.82) is 0 Å². The molecule has 1 aromatic rings. The lowest BCUT2D eigenvalue weighted by Gasteiger charge is -2.12. The standard InChI is InChI=1S/C13H17F3N2O6S/c1-23-11(19)4-3-8-7-18(25(21,22)13(14,15)16)10(6-17)9(8)5-12(20)24-2/h7H,3-6,17H2,1-2H3/i6T. The summed E-state index contributed by atoms with van der Waals surface area (Å²) in [7, 11) is -3.76. The lowest BCUT2D eigenvalue weighted by molar-refractivity contribution is -0.141. The van der Waals surface area contributed by atoms with Gasteiger partial charge < -0.3 is 15.2 Å². The maximum Gasteiger partial charge on any atom is 0.517 e. The number of nitrogens with two attached hydrogens (primary N) is 1. The van der Waals surface area contributed by atoms with E-state index in [1.54, 1.807) is 0 Å². The average Bonchev–Trinajstić information content (AvgIpc) is 2.90. The SMILES string of the molecule is [3H]C(N)c1c(CC(=O)OC)c(CCC(=O)OC)cn1S(=O)(=O)C(F)(F)F. The summed E-state index contributed by atoms with van der Waals surface area (Å²) >= 11 is 0. The van der Waals surface area contributed by atoms with E-state index in [2.05, 4.69) is 9.47 Å². The zero-order chi connectivity index (χ0) is 20.3. The third-order valence-electron chi connectivity index (χ3n) is 3.29. The number of aromatic nitrogens is 1. The molecule has 0 fully saturated rings. The van der Waals surface area contributed by atoms with Gasteiger partial charge in [-0.25, -0.2) is 3.97 Å². The Balaban J connectivity index is 3.61. The molecule has 0 radical (unpaired) electrons. The molecule has 0 saturated carbocycles. The lowest BCUT2D eigenvalue weighted by atomic mass is 10.0. The van der Waals surface area contributed by atoms with E-state index in [0.29, 0.717) is 6.20 Å². The molecular formula is C13H17F3N2O6S. The van der Waals surface area contributed by atoms with Gasteiger partial charge in [-0.1, -0.05) is 0 Å². The van der Waals surface area contributed by atoms with Crippen LogP contribution >= 0.6 is 0 Å². The van der Waals surface area contributed by atoms with Gasteiger partial charge in [0.15, 0.2) is 0 Å². The fraction of sp³-hybridized carbons (Fsp3) is 0.538. The molecule has 1 heterocycles. The molecule has 142 valence electrons. The number of halogens is 3. The van der Waals surface area contributed by atoms with Crippen LogP contribution in [0.3, 0.4) is 0 Å². The molecule has 0 aliphatic rings. The first-order chi connectivity index (χ1) is 11.9. The molecule has 0 aliphatic heterocycles. The molecule has 0 spiro atoms. The van der Waals surface area contributed by atoms with E-state index in [4.69, 9.17) is 7.10 Å². The number of aryl methyl sites for hydroxylation is 1. The van der Waals surface area contributed by atoms with Gasteiger partial charge in [0.05, 0.1) is 26.3 Å². The highest BCUT2D eigenvalue weighted by atomic mass is 32.2. The van der Waals surface area contributed by atoms with Crippen molar-refractivity contribution in [3.8, 4) is 0 Å². The first-order valence-electron chi connectivity index (χ1n) is 7.30. The number of esters is 2. The Morgan fingerprint density at radius 3 is 2.28 bits per heavy atom. The van der Waals surface area contributed by atoms with E-state index in [9.17, 15) is 31.2 Å². The van der Waals surface area contributed by atoms with Gasteiger partial charge in [0.25, 0.3) is 0 Å². The molecular weight excluding hydrogens is 369 g/mol. The van der Waals surface area contributed by atoms with Crippen molar-refractivity contribution < 1.29 is 42.0 Å². The van der Waals surface area contributed by atoms with E-state index < -0.39 is 46.1 Å². The Morgan fingerprint density at radius 1 is 1.28 bits per heavy atom. The van der Waals surface area contributed by atoms with Crippen molar-refractivity contribution in [2.75, 3.05) is 14.2 Å². The summed E-state index contributed by atoms with van der Waals surface area (Å²) in [6.45, 7) is -1.89. The smallest absolute Gasteiger partial charge is 0.469 e. The van der Waals surface area contributed by atoms with E-state index in [0.717, 1.165) is 14.2 Å². The maximum absolute atomic E-state index is 12.9. The molecule has 12 heteroatoms.